The number of rotatable bonds is 5. The largest absolute Gasteiger partial charge is 0.477 e. The van der Waals surface area contributed by atoms with Crippen LogP contribution in [0.5, 0.6) is 0 Å². The van der Waals surface area contributed by atoms with Crippen LogP contribution in [-0.2, 0) is 11.3 Å². The molecule has 25 heavy (non-hydrogen) atoms. The summed E-state index contributed by atoms with van der Waals surface area (Å²) in [5.41, 5.74) is 2.72. The number of likely N-dealkylation sites (N-methyl/N-ethyl adjacent to an activating group) is 1. The van der Waals surface area contributed by atoms with E-state index < -0.39 is 5.97 Å². The molecule has 128 valence electrons. The number of fused-ring (bicyclic) bond motifs is 1. The number of aromatic nitrogens is 1. The molecule has 0 aliphatic carbocycles. The molecule has 1 amide bonds. The maximum Gasteiger partial charge on any atom is 0.352 e. The van der Waals surface area contributed by atoms with E-state index in [4.69, 9.17) is 0 Å². The fraction of sp³-hybridized carbons (Fsp3) is 0.200. The lowest BCUT2D eigenvalue weighted by atomic mass is 10.2. The number of carbonyl (C=O) groups is 2. The number of carbonyl (C=O) groups excluding carboxylic acids is 1. The molecule has 0 aliphatic heterocycles. The van der Waals surface area contributed by atoms with Gasteiger partial charge >= 0.3 is 5.97 Å². The van der Waals surface area contributed by atoms with Crippen LogP contribution in [-0.4, -0.2) is 28.1 Å². The van der Waals surface area contributed by atoms with Gasteiger partial charge < -0.3 is 14.6 Å². The van der Waals surface area contributed by atoms with Crippen LogP contribution in [0, 0.1) is 6.92 Å². The lowest BCUT2D eigenvalue weighted by Gasteiger charge is -2.23. The van der Waals surface area contributed by atoms with Crippen LogP contribution in [0.3, 0.4) is 0 Å². The molecule has 5 nitrogen and oxygen atoms in total. The van der Waals surface area contributed by atoms with Gasteiger partial charge in [0.15, 0.2) is 0 Å². The molecule has 0 unspecified atom stereocenters. The van der Waals surface area contributed by atoms with Crippen molar-refractivity contribution in [1.29, 1.82) is 0 Å². The van der Waals surface area contributed by atoms with Crippen LogP contribution >= 0.6 is 0 Å². The van der Waals surface area contributed by atoms with Gasteiger partial charge in [-0.25, -0.2) is 4.79 Å². The summed E-state index contributed by atoms with van der Waals surface area (Å²) in [7, 11) is 0. The number of para-hydroxylation sites is 2. The third-order valence-corrected chi connectivity index (χ3v) is 4.35. The zero-order chi connectivity index (χ0) is 18.0. The predicted molar refractivity (Wildman–Crippen MR) is 98.1 cm³/mol. The first kappa shape index (κ1) is 16.8. The number of aromatic carboxylic acids is 1. The van der Waals surface area contributed by atoms with Crippen molar-refractivity contribution in [2.45, 2.75) is 20.4 Å². The maximum absolute atomic E-state index is 12.9. The zero-order valence-corrected chi connectivity index (χ0v) is 14.3. The fourth-order valence-corrected chi connectivity index (χ4v) is 3.13. The molecule has 1 heterocycles. The number of amides is 1. The summed E-state index contributed by atoms with van der Waals surface area (Å²) in [6, 6.07) is 16.7. The molecule has 0 spiro atoms. The molecule has 0 bridgehead atoms. The summed E-state index contributed by atoms with van der Waals surface area (Å²) in [6.07, 6.45) is 0. The summed E-state index contributed by atoms with van der Waals surface area (Å²) < 4.78 is 1.57. The molecule has 0 atom stereocenters. The van der Waals surface area contributed by atoms with Gasteiger partial charge in [-0.15, -0.1) is 0 Å². The summed E-state index contributed by atoms with van der Waals surface area (Å²) in [5, 5.41) is 10.3. The van der Waals surface area contributed by atoms with E-state index in [2.05, 4.69) is 0 Å². The van der Waals surface area contributed by atoms with E-state index in [9.17, 15) is 14.7 Å². The fourth-order valence-electron chi connectivity index (χ4n) is 3.13. The van der Waals surface area contributed by atoms with Crippen LogP contribution in [0.4, 0.5) is 5.69 Å². The van der Waals surface area contributed by atoms with Crippen LogP contribution in [0.1, 0.15) is 23.0 Å². The van der Waals surface area contributed by atoms with Crippen molar-refractivity contribution in [1.82, 2.24) is 4.57 Å². The smallest absolute Gasteiger partial charge is 0.352 e. The van der Waals surface area contributed by atoms with Crippen molar-refractivity contribution in [2.75, 3.05) is 11.4 Å². The Kier molecular flexibility index (Phi) is 4.57. The quantitative estimate of drug-likeness (QED) is 0.773. The van der Waals surface area contributed by atoms with Gasteiger partial charge in [0.05, 0.1) is 0 Å². The Hall–Kier alpha value is -3.08. The summed E-state index contributed by atoms with van der Waals surface area (Å²) >= 11 is 0. The van der Waals surface area contributed by atoms with Gasteiger partial charge in [0.25, 0.3) is 0 Å². The minimum Gasteiger partial charge on any atom is -0.477 e. The van der Waals surface area contributed by atoms with Crippen molar-refractivity contribution < 1.29 is 14.7 Å². The average Bonchev–Trinajstić information content (AvgIpc) is 2.96. The Labute approximate surface area is 146 Å². The second kappa shape index (κ2) is 6.81. The first-order valence-corrected chi connectivity index (χ1v) is 8.20. The normalized spacial score (nSPS) is 10.8. The van der Waals surface area contributed by atoms with Gasteiger partial charge in [-0.3, -0.25) is 4.79 Å². The molecule has 3 aromatic rings. The number of benzene rings is 2. The minimum absolute atomic E-state index is 0.0165. The van der Waals surface area contributed by atoms with E-state index >= 15 is 0 Å². The molecule has 1 aromatic heterocycles. The number of carboxylic acids is 1. The van der Waals surface area contributed by atoms with Gasteiger partial charge in [-0.05, 0) is 37.6 Å². The highest BCUT2D eigenvalue weighted by Crippen LogP contribution is 2.23. The van der Waals surface area contributed by atoms with Crippen LogP contribution in [0.15, 0.2) is 54.6 Å². The molecule has 3 rings (SSSR count). The Morgan fingerprint density at radius 3 is 2.44 bits per heavy atom. The van der Waals surface area contributed by atoms with E-state index in [1.54, 1.807) is 15.5 Å². The van der Waals surface area contributed by atoms with Gasteiger partial charge in [-0.2, -0.15) is 0 Å². The molecular weight excluding hydrogens is 316 g/mol. The molecule has 0 saturated heterocycles. The number of anilines is 1. The first-order valence-electron chi connectivity index (χ1n) is 8.20. The van der Waals surface area contributed by atoms with Gasteiger partial charge in [-0.1, -0.05) is 36.4 Å². The van der Waals surface area contributed by atoms with Gasteiger partial charge in [0, 0.05) is 23.1 Å². The summed E-state index contributed by atoms with van der Waals surface area (Å²) in [4.78, 5) is 26.2. The van der Waals surface area contributed by atoms with Crippen molar-refractivity contribution in [3.8, 4) is 0 Å². The third kappa shape index (κ3) is 3.13. The highest BCUT2D eigenvalue weighted by molar-refractivity contribution is 5.98. The number of nitrogens with zero attached hydrogens (tertiary/aromatic N) is 2. The lowest BCUT2D eigenvalue weighted by Crippen LogP contribution is -2.34. The molecule has 1 N–H and O–H groups in total. The van der Waals surface area contributed by atoms with E-state index in [1.807, 2.05) is 62.4 Å². The summed E-state index contributed by atoms with van der Waals surface area (Å²) in [6.45, 7) is 4.37. The molecule has 0 fully saturated rings. The minimum atomic E-state index is -1.04. The van der Waals surface area contributed by atoms with Crippen molar-refractivity contribution >= 4 is 28.5 Å². The Balaban J connectivity index is 2.00. The van der Waals surface area contributed by atoms with Crippen molar-refractivity contribution in [3.05, 3.63) is 65.9 Å². The number of carboxylic acid groups (broad SMARTS) is 1. The molecule has 2 aromatic carbocycles. The zero-order valence-electron chi connectivity index (χ0n) is 14.3. The Morgan fingerprint density at radius 1 is 1.08 bits per heavy atom. The van der Waals surface area contributed by atoms with E-state index in [1.165, 1.54) is 0 Å². The Bertz CT molecular complexity index is 943. The number of hydrogen-bond acceptors (Lipinski definition) is 2. The van der Waals surface area contributed by atoms with Crippen molar-refractivity contribution in [3.63, 3.8) is 0 Å². The topological polar surface area (TPSA) is 62.5 Å². The SMILES string of the molecule is CCN(C(=O)Cn1c(C(=O)O)cc2ccccc21)c1ccccc1C. The molecular formula is C20H20N2O3. The van der Waals surface area contributed by atoms with E-state index in [-0.39, 0.29) is 18.1 Å². The van der Waals surface area contributed by atoms with E-state index in [0.29, 0.717) is 6.54 Å². The number of hydrogen-bond donors (Lipinski definition) is 1. The standard InChI is InChI=1S/C20H20N2O3/c1-3-21(16-10-6-4-8-14(16)2)19(23)13-22-17-11-7-5-9-15(17)12-18(22)20(24)25/h4-12H,3,13H2,1-2H3,(H,24,25). The highest BCUT2D eigenvalue weighted by atomic mass is 16.4. The second-order valence-electron chi connectivity index (χ2n) is 5.90. The number of aryl methyl sites for hydroxylation is 1. The van der Waals surface area contributed by atoms with Crippen LogP contribution < -0.4 is 4.90 Å². The van der Waals surface area contributed by atoms with Gasteiger partial charge in [0.2, 0.25) is 5.91 Å². The Morgan fingerprint density at radius 2 is 1.76 bits per heavy atom. The monoisotopic (exact) mass is 336 g/mol. The van der Waals surface area contributed by atoms with Crippen molar-refractivity contribution in [2.24, 2.45) is 0 Å². The molecule has 0 radical (unpaired) electrons. The third-order valence-electron chi connectivity index (χ3n) is 4.35. The average molecular weight is 336 g/mol. The highest BCUT2D eigenvalue weighted by Gasteiger charge is 2.21. The van der Waals surface area contributed by atoms with Crippen LogP contribution in [0.2, 0.25) is 0 Å². The molecule has 0 aliphatic rings. The van der Waals surface area contributed by atoms with Gasteiger partial charge in [0.1, 0.15) is 12.2 Å². The molecule has 5 heteroatoms. The maximum atomic E-state index is 12.9. The second-order valence-corrected chi connectivity index (χ2v) is 5.90. The van der Waals surface area contributed by atoms with E-state index in [0.717, 1.165) is 22.2 Å². The molecule has 0 saturated carbocycles. The van der Waals surface area contributed by atoms with Crippen LogP contribution in [0.25, 0.3) is 10.9 Å². The predicted octanol–water partition coefficient (Wildman–Crippen LogP) is 3.70. The first-order chi connectivity index (χ1) is 12.0. The lowest BCUT2D eigenvalue weighted by molar-refractivity contribution is -0.119. The summed E-state index contributed by atoms with van der Waals surface area (Å²) in [5.74, 6) is -1.18.